The molecule has 0 heterocycles. The summed E-state index contributed by atoms with van der Waals surface area (Å²) in [6.07, 6.45) is 1.15. The minimum atomic E-state index is -0.981. The minimum absolute atomic E-state index is 0.00597. The molecule has 1 aliphatic rings. The fraction of sp³-hybridized carbons (Fsp3) is 0.176. The van der Waals surface area contributed by atoms with Crippen molar-refractivity contribution in [1.29, 1.82) is 0 Å². The van der Waals surface area contributed by atoms with Gasteiger partial charge in [-0.1, -0.05) is 30.3 Å². The van der Waals surface area contributed by atoms with Crippen LogP contribution in [0.15, 0.2) is 42.5 Å². The Bertz CT molecular complexity index is 730. The maximum atomic E-state index is 13.5. The van der Waals surface area contributed by atoms with Crippen molar-refractivity contribution in [2.45, 2.75) is 18.4 Å². The average Bonchev–Trinajstić information content (AvgIpc) is 3.29. The number of hydrogen-bond acceptors (Lipinski definition) is 3. The first-order valence-corrected chi connectivity index (χ1v) is 6.93. The SMILES string of the molecule is O=Cc1cc(C(=O)NC2CC2c2ccccc2)cc(F)c1O. The normalized spacial score (nSPS) is 19.5. The summed E-state index contributed by atoms with van der Waals surface area (Å²) >= 11 is 0. The molecule has 5 heteroatoms. The Morgan fingerprint density at radius 2 is 2.00 bits per heavy atom. The number of aldehydes is 1. The highest BCUT2D eigenvalue weighted by Gasteiger charge is 2.39. The molecule has 0 aliphatic heterocycles. The molecule has 1 fully saturated rings. The standard InChI is InChI=1S/C17H14FNO3/c18-14-7-11(6-12(9-20)16(14)21)17(22)19-15-8-13(15)10-4-2-1-3-5-10/h1-7,9,13,15,21H,8H2,(H,19,22). The Hall–Kier alpha value is -2.69. The van der Waals surface area contributed by atoms with Crippen molar-refractivity contribution in [2.75, 3.05) is 0 Å². The second-order valence-corrected chi connectivity index (χ2v) is 5.35. The summed E-state index contributed by atoms with van der Waals surface area (Å²) in [4.78, 5) is 22.9. The van der Waals surface area contributed by atoms with Crippen molar-refractivity contribution in [3.63, 3.8) is 0 Å². The highest BCUT2D eigenvalue weighted by Crippen LogP contribution is 2.40. The fourth-order valence-corrected chi connectivity index (χ4v) is 2.52. The molecule has 0 saturated heterocycles. The van der Waals surface area contributed by atoms with Crippen LogP contribution in [0.1, 0.15) is 38.6 Å². The lowest BCUT2D eigenvalue weighted by Gasteiger charge is -2.07. The number of carbonyl (C=O) groups is 2. The monoisotopic (exact) mass is 299 g/mol. The number of nitrogens with one attached hydrogen (secondary N) is 1. The molecule has 0 aromatic heterocycles. The quantitative estimate of drug-likeness (QED) is 0.853. The second kappa shape index (κ2) is 5.60. The highest BCUT2D eigenvalue weighted by atomic mass is 19.1. The van der Waals surface area contributed by atoms with Gasteiger partial charge in [0, 0.05) is 17.5 Å². The summed E-state index contributed by atoms with van der Waals surface area (Å²) < 4.78 is 13.5. The lowest BCUT2D eigenvalue weighted by atomic mass is 10.1. The number of benzene rings is 2. The van der Waals surface area contributed by atoms with Gasteiger partial charge in [-0.3, -0.25) is 9.59 Å². The minimum Gasteiger partial charge on any atom is -0.504 e. The molecule has 2 aromatic rings. The van der Waals surface area contributed by atoms with Gasteiger partial charge in [0.05, 0.1) is 5.56 Å². The van der Waals surface area contributed by atoms with E-state index in [1.807, 2.05) is 30.3 Å². The third-order valence-corrected chi connectivity index (χ3v) is 3.82. The van der Waals surface area contributed by atoms with Gasteiger partial charge in [-0.15, -0.1) is 0 Å². The molecule has 3 rings (SSSR count). The van der Waals surface area contributed by atoms with Gasteiger partial charge in [0.1, 0.15) is 0 Å². The number of carbonyl (C=O) groups excluding carboxylic acids is 2. The molecule has 2 atom stereocenters. The summed E-state index contributed by atoms with van der Waals surface area (Å²) in [5.41, 5.74) is 0.940. The molecule has 1 saturated carbocycles. The highest BCUT2D eigenvalue weighted by molar-refractivity contribution is 5.97. The van der Waals surface area contributed by atoms with E-state index in [1.54, 1.807) is 0 Å². The van der Waals surface area contributed by atoms with Crippen LogP contribution in [0.3, 0.4) is 0 Å². The molecule has 1 aliphatic carbocycles. The third-order valence-electron chi connectivity index (χ3n) is 3.82. The Labute approximate surface area is 126 Å². The Morgan fingerprint density at radius 1 is 1.27 bits per heavy atom. The average molecular weight is 299 g/mol. The maximum absolute atomic E-state index is 13.5. The Balaban J connectivity index is 1.71. The van der Waals surface area contributed by atoms with Crippen molar-refractivity contribution in [3.8, 4) is 5.75 Å². The molecule has 0 bridgehead atoms. The van der Waals surface area contributed by atoms with E-state index in [2.05, 4.69) is 5.32 Å². The van der Waals surface area contributed by atoms with Crippen molar-refractivity contribution in [1.82, 2.24) is 5.32 Å². The van der Waals surface area contributed by atoms with Crippen LogP contribution >= 0.6 is 0 Å². The van der Waals surface area contributed by atoms with E-state index in [-0.39, 0.29) is 23.1 Å². The number of phenols is 1. The topological polar surface area (TPSA) is 66.4 Å². The third kappa shape index (κ3) is 2.70. The van der Waals surface area contributed by atoms with E-state index in [0.29, 0.717) is 6.29 Å². The summed E-state index contributed by atoms with van der Waals surface area (Å²) in [6, 6.07) is 11.9. The Morgan fingerprint density at radius 3 is 2.68 bits per heavy atom. The van der Waals surface area contributed by atoms with Gasteiger partial charge < -0.3 is 10.4 Å². The van der Waals surface area contributed by atoms with Crippen LogP contribution in [0.25, 0.3) is 0 Å². The number of halogens is 1. The predicted molar refractivity (Wildman–Crippen MR) is 78.5 cm³/mol. The molecule has 22 heavy (non-hydrogen) atoms. The predicted octanol–water partition coefficient (Wildman–Crippen LogP) is 2.63. The van der Waals surface area contributed by atoms with E-state index >= 15 is 0 Å². The van der Waals surface area contributed by atoms with Crippen LogP contribution in [-0.2, 0) is 0 Å². The molecule has 4 nitrogen and oxygen atoms in total. The molecule has 0 radical (unpaired) electrons. The van der Waals surface area contributed by atoms with Crippen LogP contribution < -0.4 is 5.32 Å². The van der Waals surface area contributed by atoms with Crippen molar-refractivity contribution in [3.05, 3.63) is 65.0 Å². The first kappa shape index (κ1) is 14.3. The van der Waals surface area contributed by atoms with Crippen molar-refractivity contribution in [2.24, 2.45) is 0 Å². The van der Waals surface area contributed by atoms with Gasteiger partial charge >= 0.3 is 0 Å². The first-order valence-electron chi connectivity index (χ1n) is 6.93. The maximum Gasteiger partial charge on any atom is 0.251 e. The van der Waals surface area contributed by atoms with E-state index in [1.165, 1.54) is 6.07 Å². The van der Waals surface area contributed by atoms with Crippen molar-refractivity contribution >= 4 is 12.2 Å². The molecular weight excluding hydrogens is 285 g/mol. The summed E-state index contributed by atoms with van der Waals surface area (Å²) in [6.45, 7) is 0. The Kier molecular flexibility index (Phi) is 3.63. The summed E-state index contributed by atoms with van der Waals surface area (Å²) in [7, 11) is 0. The number of hydrogen-bond donors (Lipinski definition) is 2. The van der Waals surface area contributed by atoms with Crippen LogP contribution in [0.4, 0.5) is 4.39 Å². The number of rotatable bonds is 4. The zero-order valence-electron chi connectivity index (χ0n) is 11.6. The molecule has 0 spiro atoms. The first-order chi connectivity index (χ1) is 10.6. The van der Waals surface area contributed by atoms with Crippen molar-refractivity contribution < 1.29 is 19.1 Å². The second-order valence-electron chi connectivity index (χ2n) is 5.35. The zero-order chi connectivity index (χ0) is 15.7. The van der Waals surface area contributed by atoms with E-state index in [4.69, 9.17) is 0 Å². The fourth-order valence-electron chi connectivity index (χ4n) is 2.52. The van der Waals surface area contributed by atoms with Gasteiger partial charge in [-0.25, -0.2) is 4.39 Å². The van der Waals surface area contributed by atoms with Gasteiger partial charge in [0.2, 0.25) is 0 Å². The molecular formula is C17H14FNO3. The molecule has 2 N–H and O–H groups in total. The van der Waals surface area contributed by atoms with Gasteiger partial charge in [0.15, 0.2) is 17.9 Å². The van der Waals surface area contributed by atoms with E-state index < -0.39 is 17.5 Å². The van der Waals surface area contributed by atoms with Gasteiger partial charge in [0.25, 0.3) is 5.91 Å². The van der Waals surface area contributed by atoms with Gasteiger partial charge in [-0.05, 0) is 24.1 Å². The van der Waals surface area contributed by atoms with Crippen LogP contribution in [0, 0.1) is 5.82 Å². The van der Waals surface area contributed by atoms with Crippen LogP contribution in [-0.4, -0.2) is 23.3 Å². The lowest BCUT2D eigenvalue weighted by molar-refractivity contribution is 0.0950. The molecule has 1 amide bonds. The van der Waals surface area contributed by atoms with Crippen LogP contribution in [0.2, 0.25) is 0 Å². The van der Waals surface area contributed by atoms with Crippen LogP contribution in [0.5, 0.6) is 5.75 Å². The summed E-state index contributed by atoms with van der Waals surface area (Å²) in [5.74, 6) is -1.91. The number of amides is 1. The number of phenolic OH excluding ortho intramolecular Hbond substituents is 1. The number of aromatic hydroxyl groups is 1. The molecule has 112 valence electrons. The largest absolute Gasteiger partial charge is 0.504 e. The van der Waals surface area contributed by atoms with E-state index in [0.717, 1.165) is 18.1 Å². The molecule has 2 aromatic carbocycles. The lowest BCUT2D eigenvalue weighted by Crippen LogP contribution is -2.26. The van der Waals surface area contributed by atoms with E-state index in [9.17, 15) is 19.1 Å². The molecule has 2 unspecified atom stereocenters. The zero-order valence-corrected chi connectivity index (χ0v) is 11.6. The smallest absolute Gasteiger partial charge is 0.251 e. The summed E-state index contributed by atoms with van der Waals surface area (Å²) in [5, 5.41) is 12.2. The van der Waals surface area contributed by atoms with Gasteiger partial charge in [-0.2, -0.15) is 0 Å².